The van der Waals surface area contributed by atoms with Crippen molar-refractivity contribution in [1.29, 1.82) is 0 Å². The second-order valence-electron chi connectivity index (χ2n) is 4.20. The molecule has 0 saturated heterocycles. The van der Waals surface area contributed by atoms with Crippen molar-refractivity contribution >= 4 is 16.6 Å². The van der Waals surface area contributed by atoms with E-state index < -0.39 is 10.8 Å². The monoisotopic (exact) mass is 254 g/mol. The third-order valence-corrected chi connectivity index (χ3v) is 4.05. The van der Waals surface area contributed by atoms with E-state index in [0.717, 1.165) is 5.56 Å². The van der Waals surface area contributed by atoms with Gasteiger partial charge in [-0.25, -0.2) is 0 Å². The van der Waals surface area contributed by atoms with Crippen LogP contribution in [0.2, 0.25) is 0 Å². The molecule has 0 saturated carbocycles. The minimum absolute atomic E-state index is 0.00427. The first kappa shape index (κ1) is 13.9. The first-order valence-corrected chi connectivity index (χ1v) is 6.89. The van der Waals surface area contributed by atoms with Crippen molar-refractivity contribution in [2.45, 2.75) is 26.0 Å². The molecule has 0 aliphatic heterocycles. The first-order chi connectivity index (χ1) is 7.95. The summed E-state index contributed by atoms with van der Waals surface area (Å²) in [5, 5.41) is -0.00427. The lowest BCUT2D eigenvalue weighted by Gasteiger charge is -2.09. The molecule has 17 heavy (non-hydrogen) atoms. The number of benzene rings is 1. The predicted octanol–water partition coefficient (Wildman–Crippen LogP) is 2.34. The Morgan fingerprint density at radius 2 is 2.06 bits per heavy atom. The molecule has 3 nitrogen and oxygen atoms in total. The van der Waals surface area contributed by atoms with E-state index >= 15 is 0 Å². The van der Waals surface area contributed by atoms with Gasteiger partial charge in [-0.15, -0.1) is 0 Å². The summed E-state index contributed by atoms with van der Waals surface area (Å²) >= 11 is 0. The van der Waals surface area contributed by atoms with Gasteiger partial charge in [-0.05, 0) is 24.6 Å². The Morgan fingerprint density at radius 1 is 1.41 bits per heavy atom. The number of aryl methyl sites for hydroxylation is 1. The Labute approximate surface area is 105 Å². The van der Waals surface area contributed by atoms with E-state index in [1.807, 2.05) is 32.9 Å². The standard InChI is InChI=1S/C13H18O3S/c1-9(2)17(15)8-12(14)11-6-5-10(3)7-13(11)16-4/h5-7,9H,8H2,1-4H3. The highest BCUT2D eigenvalue weighted by Gasteiger charge is 2.16. The van der Waals surface area contributed by atoms with E-state index in [1.54, 1.807) is 6.07 Å². The van der Waals surface area contributed by atoms with Crippen molar-refractivity contribution in [2.24, 2.45) is 0 Å². The molecule has 1 aromatic carbocycles. The molecule has 0 aliphatic carbocycles. The molecule has 1 atom stereocenters. The maximum atomic E-state index is 12.0. The highest BCUT2D eigenvalue weighted by molar-refractivity contribution is 7.86. The van der Waals surface area contributed by atoms with Gasteiger partial charge in [0, 0.05) is 16.0 Å². The summed E-state index contributed by atoms with van der Waals surface area (Å²) in [5.41, 5.74) is 1.54. The van der Waals surface area contributed by atoms with Crippen LogP contribution < -0.4 is 4.74 Å². The number of carbonyl (C=O) groups is 1. The number of methoxy groups -OCH3 is 1. The van der Waals surface area contributed by atoms with Crippen molar-refractivity contribution in [1.82, 2.24) is 0 Å². The third kappa shape index (κ3) is 3.66. The topological polar surface area (TPSA) is 43.4 Å². The van der Waals surface area contributed by atoms with Crippen LogP contribution in [0.3, 0.4) is 0 Å². The fourth-order valence-corrected chi connectivity index (χ4v) is 2.15. The van der Waals surface area contributed by atoms with E-state index in [4.69, 9.17) is 4.74 Å². The Bertz CT molecular complexity index is 438. The van der Waals surface area contributed by atoms with Crippen LogP contribution in [0, 0.1) is 6.92 Å². The number of rotatable bonds is 5. The molecule has 0 radical (unpaired) electrons. The lowest BCUT2D eigenvalue weighted by molar-refractivity contribution is 0.101. The number of ketones is 1. The molecule has 0 amide bonds. The van der Waals surface area contributed by atoms with Gasteiger partial charge in [0.1, 0.15) is 5.75 Å². The normalized spacial score (nSPS) is 12.5. The summed E-state index contributed by atoms with van der Waals surface area (Å²) in [6.07, 6.45) is 0. The van der Waals surface area contributed by atoms with Gasteiger partial charge in [-0.2, -0.15) is 0 Å². The Hall–Kier alpha value is -1.16. The summed E-state index contributed by atoms with van der Waals surface area (Å²) in [5.74, 6) is 0.474. The van der Waals surface area contributed by atoms with Crippen molar-refractivity contribution in [3.8, 4) is 5.75 Å². The largest absolute Gasteiger partial charge is 0.496 e. The van der Waals surface area contributed by atoms with E-state index in [2.05, 4.69) is 0 Å². The molecule has 0 N–H and O–H groups in total. The quantitative estimate of drug-likeness (QED) is 0.757. The molecule has 0 aliphatic rings. The van der Waals surface area contributed by atoms with Crippen LogP contribution in [0.15, 0.2) is 18.2 Å². The molecular formula is C13H18O3S. The van der Waals surface area contributed by atoms with Gasteiger partial charge in [-0.3, -0.25) is 9.00 Å². The Kier molecular flexibility index (Phi) is 4.87. The molecule has 1 rings (SSSR count). The van der Waals surface area contributed by atoms with Crippen LogP contribution in [0.5, 0.6) is 5.75 Å². The average molecular weight is 254 g/mol. The number of Topliss-reactive ketones (excluding diaryl/α,β-unsaturated/α-hetero) is 1. The first-order valence-electron chi connectivity index (χ1n) is 5.50. The molecule has 0 spiro atoms. The molecule has 0 fully saturated rings. The summed E-state index contributed by atoms with van der Waals surface area (Å²) in [4.78, 5) is 12.0. The van der Waals surface area contributed by atoms with Crippen LogP contribution >= 0.6 is 0 Å². The minimum atomic E-state index is -1.12. The molecular weight excluding hydrogens is 236 g/mol. The van der Waals surface area contributed by atoms with Crippen LogP contribution in [0.1, 0.15) is 29.8 Å². The second-order valence-corrected chi connectivity index (χ2v) is 6.19. The lowest BCUT2D eigenvalue weighted by Crippen LogP contribution is -2.18. The van der Waals surface area contributed by atoms with Crippen LogP contribution in [0.4, 0.5) is 0 Å². The molecule has 0 heterocycles. The average Bonchev–Trinajstić information content (AvgIpc) is 2.28. The number of ether oxygens (including phenoxy) is 1. The minimum Gasteiger partial charge on any atom is -0.496 e. The lowest BCUT2D eigenvalue weighted by atomic mass is 10.1. The third-order valence-electron chi connectivity index (χ3n) is 2.46. The van der Waals surface area contributed by atoms with Crippen molar-refractivity contribution in [3.63, 3.8) is 0 Å². The van der Waals surface area contributed by atoms with E-state index in [0.29, 0.717) is 11.3 Å². The molecule has 0 bridgehead atoms. The van der Waals surface area contributed by atoms with Crippen LogP contribution in [0.25, 0.3) is 0 Å². The molecule has 1 aromatic rings. The molecule has 1 unspecified atom stereocenters. The zero-order valence-corrected chi connectivity index (χ0v) is 11.5. The number of hydrogen-bond acceptors (Lipinski definition) is 3. The van der Waals surface area contributed by atoms with E-state index in [1.165, 1.54) is 7.11 Å². The maximum absolute atomic E-state index is 12.0. The molecule has 0 aromatic heterocycles. The zero-order valence-electron chi connectivity index (χ0n) is 10.6. The summed E-state index contributed by atoms with van der Waals surface area (Å²) in [6, 6.07) is 5.40. The zero-order chi connectivity index (χ0) is 13.0. The Morgan fingerprint density at radius 3 is 2.59 bits per heavy atom. The van der Waals surface area contributed by atoms with Gasteiger partial charge in [0.15, 0.2) is 5.78 Å². The molecule has 4 heteroatoms. The number of hydrogen-bond donors (Lipinski definition) is 0. The fourth-order valence-electron chi connectivity index (χ4n) is 1.40. The van der Waals surface area contributed by atoms with Gasteiger partial charge >= 0.3 is 0 Å². The van der Waals surface area contributed by atoms with Gasteiger partial charge in [0.25, 0.3) is 0 Å². The van der Waals surface area contributed by atoms with Crippen molar-refractivity contribution in [3.05, 3.63) is 29.3 Å². The van der Waals surface area contributed by atoms with Crippen molar-refractivity contribution < 1.29 is 13.7 Å². The maximum Gasteiger partial charge on any atom is 0.179 e. The van der Waals surface area contributed by atoms with Gasteiger partial charge in [-0.1, -0.05) is 19.9 Å². The highest BCUT2D eigenvalue weighted by atomic mass is 32.2. The van der Waals surface area contributed by atoms with Crippen LogP contribution in [-0.2, 0) is 10.8 Å². The van der Waals surface area contributed by atoms with Crippen molar-refractivity contribution in [2.75, 3.05) is 12.9 Å². The second kappa shape index (κ2) is 5.96. The molecule has 94 valence electrons. The summed E-state index contributed by atoms with van der Waals surface area (Å²) < 4.78 is 16.8. The SMILES string of the molecule is COc1cc(C)ccc1C(=O)CS(=O)C(C)C. The number of carbonyl (C=O) groups excluding carboxylic acids is 1. The van der Waals surface area contributed by atoms with Crippen LogP contribution in [-0.4, -0.2) is 28.1 Å². The Balaban J connectivity index is 2.93. The smallest absolute Gasteiger partial charge is 0.179 e. The predicted molar refractivity (Wildman–Crippen MR) is 70.2 cm³/mol. The summed E-state index contributed by atoms with van der Waals surface area (Å²) in [6.45, 7) is 5.62. The summed E-state index contributed by atoms with van der Waals surface area (Å²) in [7, 11) is 0.410. The highest BCUT2D eigenvalue weighted by Crippen LogP contribution is 2.20. The van der Waals surface area contributed by atoms with E-state index in [-0.39, 0.29) is 16.8 Å². The van der Waals surface area contributed by atoms with E-state index in [9.17, 15) is 9.00 Å². The van der Waals surface area contributed by atoms with Gasteiger partial charge in [0.05, 0.1) is 18.4 Å². The fraction of sp³-hybridized carbons (Fsp3) is 0.462. The van der Waals surface area contributed by atoms with Gasteiger partial charge in [0.2, 0.25) is 0 Å². The van der Waals surface area contributed by atoms with Gasteiger partial charge < -0.3 is 4.74 Å².